The molecule has 1 aliphatic rings. The Hall–Kier alpha value is -2.09. The van der Waals surface area contributed by atoms with Crippen molar-refractivity contribution in [3.8, 4) is 0 Å². The van der Waals surface area contributed by atoms with Gasteiger partial charge in [-0.25, -0.2) is 9.78 Å². The van der Waals surface area contributed by atoms with E-state index in [1.54, 1.807) is 11.3 Å². The van der Waals surface area contributed by atoms with Gasteiger partial charge in [0.1, 0.15) is 0 Å². The van der Waals surface area contributed by atoms with Crippen LogP contribution in [0.4, 0.5) is 9.93 Å². The van der Waals surface area contributed by atoms with E-state index in [1.807, 2.05) is 42.3 Å². The number of hydrogen-bond acceptors (Lipinski definition) is 5. The number of nitrogens with zero attached hydrogens (tertiary/aromatic N) is 4. The average molecular weight is 334 g/mol. The first-order valence-electron chi connectivity index (χ1n) is 7.71. The van der Waals surface area contributed by atoms with Gasteiger partial charge in [-0.1, -0.05) is 0 Å². The first kappa shape index (κ1) is 15.8. The summed E-state index contributed by atoms with van der Waals surface area (Å²) in [6.07, 6.45) is 4.91. The Morgan fingerprint density at radius 1 is 1.52 bits per heavy atom. The predicted octanol–water partition coefficient (Wildman–Crippen LogP) is 1.82. The van der Waals surface area contributed by atoms with Gasteiger partial charge < -0.3 is 15.5 Å². The lowest BCUT2D eigenvalue weighted by Crippen LogP contribution is -2.38. The number of rotatable bonds is 4. The zero-order valence-electron chi connectivity index (χ0n) is 13.7. The number of nitrogens with one attached hydrogen (secondary N) is 2. The Morgan fingerprint density at radius 3 is 3.09 bits per heavy atom. The fourth-order valence-electron chi connectivity index (χ4n) is 2.82. The van der Waals surface area contributed by atoms with Crippen LogP contribution in [0.2, 0.25) is 0 Å². The van der Waals surface area contributed by atoms with Crippen molar-refractivity contribution in [2.75, 3.05) is 19.0 Å². The molecule has 0 spiro atoms. The molecule has 0 saturated carbocycles. The van der Waals surface area contributed by atoms with E-state index >= 15 is 0 Å². The fourth-order valence-corrected chi connectivity index (χ4v) is 3.58. The smallest absolute Gasteiger partial charge is 0.315 e. The maximum absolute atomic E-state index is 12.2. The van der Waals surface area contributed by atoms with E-state index in [1.165, 1.54) is 5.69 Å². The second kappa shape index (κ2) is 6.57. The van der Waals surface area contributed by atoms with Crippen LogP contribution in [0.5, 0.6) is 0 Å². The highest BCUT2D eigenvalue weighted by Gasteiger charge is 2.24. The molecule has 2 N–H and O–H groups in total. The Labute approximate surface area is 139 Å². The van der Waals surface area contributed by atoms with Crippen LogP contribution in [-0.4, -0.2) is 34.9 Å². The summed E-state index contributed by atoms with van der Waals surface area (Å²) in [6.45, 7) is 0.433. The molecule has 2 aromatic rings. The van der Waals surface area contributed by atoms with Crippen molar-refractivity contribution >= 4 is 22.5 Å². The summed E-state index contributed by atoms with van der Waals surface area (Å²) in [4.78, 5) is 18.6. The number of anilines is 1. The van der Waals surface area contributed by atoms with Gasteiger partial charge in [0, 0.05) is 37.8 Å². The number of hydrogen-bond donors (Lipinski definition) is 2. The largest absolute Gasteiger partial charge is 0.354 e. The minimum Gasteiger partial charge on any atom is -0.354 e. The Morgan fingerprint density at radius 2 is 2.35 bits per heavy atom. The van der Waals surface area contributed by atoms with E-state index in [-0.39, 0.29) is 12.1 Å². The second-order valence-corrected chi connectivity index (χ2v) is 6.79. The van der Waals surface area contributed by atoms with Crippen molar-refractivity contribution in [2.24, 2.45) is 7.05 Å². The van der Waals surface area contributed by atoms with Gasteiger partial charge in [-0.3, -0.25) is 4.68 Å². The van der Waals surface area contributed by atoms with Crippen molar-refractivity contribution in [3.05, 3.63) is 28.5 Å². The first-order valence-corrected chi connectivity index (χ1v) is 8.59. The minimum absolute atomic E-state index is 0.0419. The third-order valence-electron chi connectivity index (χ3n) is 4.03. The molecule has 1 aliphatic carbocycles. The lowest BCUT2D eigenvalue weighted by Gasteiger charge is -2.23. The highest BCUT2D eigenvalue weighted by atomic mass is 32.1. The van der Waals surface area contributed by atoms with Crippen LogP contribution in [0.15, 0.2) is 11.6 Å². The van der Waals surface area contributed by atoms with Crippen molar-refractivity contribution in [1.82, 2.24) is 25.4 Å². The van der Waals surface area contributed by atoms with Crippen LogP contribution in [0.25, 0.3) is 0 Å². The molecule has 0 unspecified atom stereocenters. The fraction of sp³-hybridized carbons (Fsp3) is 0.533. The van der Waals surface area contributed by atoms with Gasteiger partial charge >= 0.3 is 6.03 Å². The normalized spacial score (nSPS) is 16.7. The molecule has 8 heteroatoms. The molecule has 124 valence electrons. The number of amides is 2. The first-order chi connectivity index (χ1) is 11.0. The number of carbonyl (C=O) groups excluding carboxylic acids is 1. The molecular weight excluding hydrogens is 312 g/mol. The molecule has 0 bridgehead atoms. The molecule has 7 nitrogen and oxygen atoms in total. The number of carbonyl (C=O) groups is 1. The summed E-state index contributed by atoms with van der Waals surface area (Å²) >= 11 is 1.57. The molecule has 1 atom stereocenters. The quantitative estimate of drug-likeness (QED) is 0.894. The van der Waals surface area contributed by atoms with Gasteiger partial charge in [0.05, 0.1) is 24.5 Å². The molecular formula is C15H22N6OS. The molecule has 0 radical (unpaired) electrons. The molecule has 2 aromatic heterocycles. The third kappa shape index (κ3) is 3.47. The van der Waals surface area contributed by atoms with Crippen molar-refractivity contribution in [2.45, 2.75) is 31.8 Å². The number of aryl methyl sites for hydroxylation is 1. The van der Waals surface area contributed by atoms with Crippen molar-refractivity contribution in [3.63, 3.8) is 0 Å². The topological polar surface area (TPSA) is 75.1 Å². The number of thiazole rings is 1. The van der Waals surface area contributed by atoms with Crippen LogP contribution < -0.4 is 15.5 Å². The predicted molar refractivity (Wildman–Crippen MR) is 90.7 cm³/mol. The lowest BCUT2D eigenvalue weighted by molar-refractivity contribution is 0.235. The summed E-state index contributed by atoms with van der Waals surface area (Å²) in [5.74, 6) is 0. The van der Waals surface area contributed by atoms with E-state index in [0.717, 1.165) is 35.7 Å². The maximum atomic E-state index is 12.2. The van der Waals surface area contributed by atoms with Gasteiger partial charge in [0.15, 0.2) is 5.13 Å². The lowest BCUT2D eigenvalue weighted by atomic mass is 9.93. The molecule has 0 saturated heterocycles. The molecule has 23 heavy (non-hydrogen) atoms. The molecule has 3 rings (SSSR count). The summed E-state index contributed by atoms with van der Waals surface area (Å²) in [7, 11) is 5.86. The zero-order valence-corrected chi connectivity index (χ0v) is 14.5. The molecule has 2 amide bonds. The highest BCUT2D eigenvalue weighted by Crippen LogP contribution is 2.28. The zero-order chi connectivity index (χ0) is 16.4. The SMILES string of the molecule is CN(C)c1nc(CNC(=O)N[C@@H]2CCCc3c2cnn3C)cs1. The second-order valence-electron chi connectivity index (χ2n) is 5.96. The number of urea groups is 1. The standard InChI is InChI=1S/C15H22N6OS/c1-20(2)15-18-10(9-23-15)7-16-14(22)19-12-5-4-6-13-11(12)8-17-21(13)3/h8-9,12H,4-7H2,1-3H3,(H2,16,19,22)/t12-/m1/s1. The molecule has 2 heterocycles. The van der Waals surface area contributed by atoms with Gasteiger partial charge in [-0.15, -0.1) is 11.3 Å². The van der Waals surface area contributed by atoms with E-state index < -0.39 is 0 Å². The highest BCUT2D eigenvalue weighted by molar-refractivity contribution is 7.13. The van der Waals surface area contributed by atoms with Gasteiger partial charge in [0.2, 0.25) is 0 Å². The monoisotopic (exact) mass is 334 g/mol. The van der Waals surface area contributed by atoms with Crippen molar-refractivity contribution in [1.29, 1.82) is 0 Å². The Balaban J connectivity index is 1.55. The van der Waals surface area contributed by atoms with Crippen molar-refractivity contribution < 1.29 is 4.79 Å². The maximum Gasteiger partial charge on any atom is 0.315 e. The van der Waals surface area contributed by atoms with Crippen LogP contribution in [0.3, 0.4) is 0 Å². The molecule has 0 aromatic carbocycles. The van der Waals surface area contributed by atoms with Crippen LogP contribution in [0.1, 0.15) is 35.8 Å². The minimum atomic E-state index is -0.161. The molecule has 0 aliphatic heterocycles. The van der Waals surface area contributed by atoms with E-state index in [0.29, 0.717) is 6.54 Å². The van der Waals surface area contributed by atoms with Crippen LogP contribution in [-0.2, 0) is 20.0 Å². The third-order valence-corrected chi connectivity index (χ3v) is 5.09. The van der Waals surface area contributed by atoms with Gasteiger partial charge in [0.25, 0.3) is 0 Å². The summed E-state index contributed by atoms with van der Waals surface area (Å²) in [6, 6.07) is -0.119. The van der Waals surface area contributed by atoms with Gasteiger partial charge in [-0.05, 0) is 19.3 Å². The number of aromatic nitrogens is 3. The molecule has 0 fully saturated rings. The van der Waals surface area contributed by atoms with Crippen LogP contribution >= 0.6 is 11.3 Å². The summed E-state index contributed by atoms with van der Waals surface area (Å²) < 4.78 is 1.90. The van der Waals surface area contributed by atoms with Gasteiger partial charge in [-0.2, -0.15) is 5.10 Å². The average Bonchev–Trinajstić information content (AvgIpc) is 3.14. The number of fused-ring (bicyclic) bond motifs is 1. The summed E-state index contributed by atoms with van der Waals surface area (Å²) in [5, 5.41) is 13.1. The Kier molecular flexibility index (Phi) is 4.51. The van der Waals surface area contributed by atoms with E-state index in [4.69, 9.17) is 0 Å². The Bertz CT molecular complexity index is 692. The van der Waals surface area contributed by atoms with E-state index in [9.17, 15) is 4.79 Å². The van der Waals surface area contributed by atoms with Crippen LogP contribution in [0, 0.1) is 0 Å². The van der Waals surface area contributed by atoms with E-state index in [2.05, 4.69) is 20.7 Å². The summed E-state index contributed by atoms with van der Waals surface area (Å²) in [5.41, 5.74) is 3.23.